The molecule has 5 nitrogen and oxygen atoms in total. The predicted molar refractivity (Wildman–Crippen MR) is 85.7 cm³/mol. The van der Waals surface area contributed by atoms with Gasteiger partial charge in [0.2, 0.25) is 0 Å². The van der Waals surface area contributed by atoms with Gasteiger partial charge in [-0.15, -0.1) is 0 Å². The van der Waals surface area contributed by atoms with Crippen LogP contribution in [0, 0.1) is 5.92 Å². The summed E-state index contributed by atoms with van der Waals surface area (Å²) in [6, 6.07) is 8.96. The molecule has 114 valence electrons. The van der Waals surface area contributed by atoms with Gasteiger partial charge in [-0.05, 0) is 48.3 Å². The molecule has 0 saturated heterocycles. The summed E-state index contributed by atoms with van der Waals surface area (Å²) in [5.41, 5.74) is 2.44. The smallest absolute Gasteiger partial charge is 0.297 e. The first-order valence-electron chi connectivity index (χ1n) is 7.03. The van der Waals surface area contributed by atoms with Gasteiger partial charge in [0.25, 0.3) is 0 Å². The van der Waals surface area contributed by atoms with Crippen LogP contribution in [0.25, 0.3) is 0 Å². The Balaban J connectivity index is 2.09. The maximum atomic E-state index is 11.7. The van der Waals surface area contributed by atoms with E-state index in [4.69, 9.17) is 4.84 Å². The lowest BCUT2D eigenvalue weighted by molar-refractivity contribution is -0.111. The summed E-state index contributed by atoms with van der Waals surface area (Å²) in [7, 11) is 0. The van der Waals surface area contributed by atoms with E-state index in [9.17, 15) is 9.59 Å². The molecular weight excluding hydrogens is 280 g/mol. The third-order valence-electron chi connectivity index (χ3n) is 3.19. The number of ketones is 1. The molecule has 0 atom stereocenters. The summed E-state index contributed by atoms with van der Waals surface area (Å²) in [5.74, 6) is 0.0595. The van der Waals surface area contributed by atoms with Crippen LogP contribution in [0.1, 0.15) is 20.8 Å². The standard InChI is InChI=1S/C17H18N2O3/c1-11(2)14-10-16(20)12(3)9-15(14)19-22-17(21)18-13-7-5-4-6-8-13/h4-11H,1-3H3,(H,18,21). The SMILES string of the molecule is CC1=CC(=NOC(=O)Nc2ccccc2)C(C(C)C)=CC1=O. The van der Waals surface area contributed by atoms with Crippen LogP contribution in [-0.2, 0) is 9.63 Å². The molecule has 1 N–H and O–H groups in total. The van der Waals surface area contributed by atoms with Crippen molar-refractivity contribution < 1.29 is 14.4 Å². The number of para-hydroxylation sites is 1. The monoisotopic (exact) mass is 298 g/mol. The third-order valence-corrected chi connectivity index (χ3v) is 3.19. The fourth-order valence-electron chi connectivity index (χ4n) is 1.98. The highest BCUT2D eigenvalue weighted by atomic mass is 16.7. The van der Waals surface area contributed by atoms with Gasteiger partial charge in [-0.25, -0.2) is 4.79 Å². The van der Waals surface area contributed by atoms with E-state index in [1.807, 2.05) is 19.9 Å². The van der Waals surface area contributed by atoms with Crippen LogP contribution in [-0.4, -0.2) is 17.6 Å². The maximum Gasteiger partial charge on any atom is 0.437 e. The van der Waals surface area contributed by atoms with Crippen LogP contribution < -0.4 is 5.32 Å². The van der Waals surface area contributed by atoms with Gasteiger partial charge in [0.15, 0.2) is 5.78 Å². The van der Waals surface area contributed by atoms with Gasteiger partial charge < -0.3 is 0 Å². The first-order chi connectivity index (χ1) is 10.5. The lowest BCUT2D eigenvalue weighted by Gasteiger charge is -2.15. The van der Waals surface area contributed by atoms with E-state index in [1.165, 1.54) is 6.08 Å². The molecule has 1 aliphatic carbocycles. The minimum Gasteiger partial charge on any atom is -0.297 e. The second-order valence-corrected chi connectivity index (χ2v) is 5.29. The van der Waals surface area contributed by atoms with E-state index in [0.717, 1.165) is 5.57 Å². The van der Waals surface area contributed by atoms with Gasteiger partial charge >= 0.3 is 6.09 Å². The maximum absolute atomic E-state index is 11.7. The zero-order chi connectivity index (χ0) is 16.1. The second-order valence-electron chi connectivity index (χ2n) is 5.29. The van der Waals surface area contributed by atoms with Gasteiger partial charge in [0.05, 0.1) is 0 Å². The lowest BCUT2D eigenvalue weighted by atomic mass is 9.90. The fraction of sp³-hybridized carbons (Fsp3) is 0.235. The number of oxime groups is 1. The average Bonchev–Trinajstić information content (AvgIpc) is 2.49. The van der Waals surface area contributed by atoms with E-state index < -0.39 is 6.09 Å². The van der Waals surface area contributed by atoms with Crippen molar-refractivity contribution in [2.45, 2.75) is 20.8 Å². The molecule has 5 heteroatoms. The Morgan fingerprint density at radius 1 is 1.18 bits per heavy atom. The zero-order valence-electron chi connectivity index (χ0n) is 12.8. The van der Waals surface area contributed by atoms with Gasteiger partial charge in [-0.2, -0.15) is 0 Å². The summed E-state index contributed by atoms with van der Waals surface area (Å²) < 4.78 is 0. The number of allylic oxidation sites excluding steroid dienone is 4. The minimum atomic E-state index is -0.676. The van der Waals surface area contributed by atoms with Crippen LogP contribution >= 0.6 is 0 Å². The number of rotatable bonds is 3. The largest absolute Gasteiger partial charge is 0.437 e. The highest BCUT2D eigenvalue weighted by molar-refractivity contribution is 6.21. The van der Waals surface area contributed by atoms with Crippen LogP contribution in [0.3, 0.4) is 0 Å². The van der Waals surface area contributed by atoms with Gasteiger partial charge in [0.1, 0.15) is 5.71 Å². The molecule has 0 saturated carbocycles. The van der Waals surface area contributed by atoms with Crippen LogP contribution in [0.15, 0.2) is 58.8 Å². The number of carbonyl (C=O) groups is 2. The van der Waals surface area contributed by atoms with Crippen LogP contribution in [0.5, 0.6) is 0 Å². The van der Waals surface area contributed by atoms with Gasteiger partial charge in [-0.1, -0.05) is 37.2 Å². The summed E-state index contributed by atoms with van der Waals surface area (Å²) >= 11 is 0. The normalized spacial score (nSPS) is 16.4. The number of nitrogens with zero attached hydrogens (tertiary/aromatic N) is 1. The molecular formula is C17H18N2O3. The summed E-state index contributed by atoms with van der Waals surface area (Å²) in [6.07, 6.45) is 2.50. The van der Waals surface area contributed by atoms with E-state index >= 15 is 0 Å². The number of benzene rings is 1. The van der Waals surface area contributed by atoms with Crippen molar-refractivity contribution in [2.75, 3.05) is 5.32 Å². The number of nitrogens with one attached hydrogen (secondary N) is 1. The summed E-state index contributed by atoms with van der Waals surface area (Å²) in [4.78, 5) is 28.3. The lowest BCUT2D eigenvalue weighted by Crippen LogP contribution is -2.18. The Bertz CT molecular complexity index is 670. The highest BCUT2D eigenvalue weighted by Gasteiger charge is 2.19. The Morgan fingerprint density at radius 2 is 1.86 bits per heavy atom. The van der Waals surface area contributed by atoms with E-state index in [2.05, 4.69) is 10.5 Å². The van der Waals surface area contributed by atoms with Crippen LogP contribution in [0.4, 0.5) is 10.5 Å². The number of anilines is 1. The Labute approximate surface area is 129 Å². The van der Waals surface area contributed by atoms with Gasteiger partial charge in [0, 0.05) is 5.69 Å². The molecule has 0 aromatic heterocycles. The minimum absolute atomic E-state index is 0.0450. The molecule has 0 fully saturated rings. The topological polar surface area (TPSA) is 67.8 Å². The molecule has 1 aromatic rings. The molecule has 0 spiro atoms. The van der Waals surface area contributed by atoms with Crippen molar-refractivity contribution in [2.24, 2.45) is 11.1 Å². The van der Waals surface area contributed by atoms with Crippen molar-refractivity contribution in [1.82, 2.24) is 0 Å². The Morgan fingerprint density at radius 3 is 2.50 bits per heavy atom. The van der Waals surface area contributed by atoms with Crippen LogP contribution in [0.2, 0.25) is 0 Å². The van der Waals surface area contributed by atoms with Gasteiger partial charge in [-0.3, -0.25) is 14.9 Å². The molecule has 2 rings (SSSR count). The zero-order valence-corrected chi connectivity index (χ0v) is 12.8. The fourth-order valence-corrected chi connectivity index (χ4v) is 1.98. The van der Waals surface area contributed by atoms with Crippen molar-refractivity contribution in [3.8, 4) is 0 Å². The van der Waals surface area contributed by atoms with E-state index in [1.54, 1.807) is 37.3 Å². The summed E-state index contributed by atoms with van der Waals surface area (Å²) in [5, 5.41) is 6.44. The molecule has 0 bridgehead atoms. The molecule has 1 aliphatic rings. The van der Waals surface area contributed by atoms with Crippen molar-refractivity contribution in [3.05, 3.63) is 53.6 Å². The second kappa shape index (κ2) is 6.85. The molecule has 0 aliphatic heterocycles. The molecule has 22 heavy (non-hydrogen) atoms. The molecule has 0 unspecified atom stereocenters. The third kappa shape index (κ3) is 3.91. The first-order valence-corrected chi connectivity index (χ1v) is 7.03. The van der Waals surface area contributed by atoms with Crippen molar-refractivity contribution >= 4 is 23.3 Å². The van der Waals surface area contributed by atoms with E-state index in [0.29, 0.717) is 17.0 Å². The summed E-state index contributed by atoms with van der Waals surface area (Å²) in [6.45, 7) is 5.61. The number of hydrogen-bond acceptors (Lipinski definition) is 4. The quantitative estimate of drug-likeness (QED) is 0.525. The number of carbonyl (C=O) groups excluding carboxylic acids is 2. The van der Waals surface area contributed by atoms with E-state index in [-0.39, 0.29) is 11.7 Å². The number of amides is 1. The Hall–Kier alpha value is -2.69. The van der Waals surface area contributed by atoms with Crippen molar-refractivity contribution in [1.29, 1.82) is 0 Å². The molecule has 1 aromatic carbocycles. The molecule has 1 amide bonds. The van der Waals surface area contributed by atoms with Crippen molar-refractivity contribution in [3.63, 3.8) is 0 Å². The predicted octanol–water partition coefficient (Wildman–Crippen LogP) is 3.70. The highest BCUT2D eigenvalue weighted by Crippen LogP contribution is 2.20. The molecule has 0 radical (unpaired) electrons. The number of hydrogen-bond donors (Lipinski definition) is 1. The molecule has 0 heterocycles. The first kappa shape index (κ1) is 15.7. The Kier molecular flexibility index (Phi) is 4.88. The average molecular weight is 298 g/mol.